The maximum Gasteiger partial charge on any atom is 0.0509 e. The molecule has 0 bridgehead atoms. The van der Waals surface area contributed by atoms with Gasteiger partial charge in [0.2, 0.25) is 0 Å². The van der Waals surface area contributed by atoms with Gasteiger partial charge in [0.25, 0.3) is 0 Å². The molecule has 0 aliphatic carbocycles. The lowest BCUT2D eigenvalue weighted by Crippen LogP contribution is -2.48. The summed E-state index contributed by atoms with van der Waals surface area (Å²) in [5.74, 6) is 0.506. The summed E-state index contributed by atoms with van der Waals surface area (Å²) < 4.78 is 5.24. The molecule has 0 radical (unpaired) electrons. The maximum absolute atomic E-state index is 5.94. The second kappa shape index (κ2) is 4.73. The first-order valence-electron chi connectivity index (χ1n) is 4.49. The number of hydrogen-bond donors (Lipinski definition) is 1. The maximum atomic E-state index is 5.94. The van der Waals surface area contributed by atoms with Gasteiger partial charge in [-0.1, -0.05) is 20.8 Å². The molecule has 0 aromatic rings. The van der Waals surface area contributed by atoms with Crippen LogP contribution in [0.1, 0.15) is 34.1 Å². The summed E-state index contributed by atoms with van der Waals surface area (Å²) >= 11 is 0. The van der Waals surface area contributed by atoms with Crippen LogP contribution < -0.4 is 5.73 Å². The van der Waals surface area contributed by atoms with Crippen LogP contribution in [0, 0.1) is 5.92 Å². The summed E-state index contributed by atoms with van der Waals surface area (Å²) in [6, 6.07) is 0. The smallest absolute Gasteiger partial charge is 0.0509 e. The highest BCUT2D eigenvalue weighted by atomic mass is 16.5. The molecule has 1 fully saturated rings. The average Bonchev–Trinajstić information content (AvgIpc) is 2.00. The van der Waals surface area contributed by atoms with Crippen LogP contribution >= 0.6 is 0 Å². The van der Waals surface area contributed by atoms with Gasteiger partial charge in [0, 0.05) is 12.1 Å². The zero-order valence-corrected chi connectivity index (χ0v) is 8.18. The number of rotatable bonds is 0. The van der Waals surface area contributed by atoms with Gasteiger partial charge >= 0.3 is 0 Å². The van der Waals surface area contributed by atoms with E-state index in [0.29, 0.717) is 5.92 Å². The van der Waals surface area contributed by atoms with Gasteiger partial charge in [0.15, 0.2) is 0 Å². The molecule has 11 heavy (non-hydrogen) atoms. The van der Waals surface area contributed by atoms with Crippen molar-refractivity contribution in [2.45, 2.75) is 39.7 Å². The Balaban J connectivity index is 0.000000461. The van der Waals surface area contributed by atoms with Gasteiger partial charge in [-0.3, -0.25) is 0 Å². The summed E-state index contributed by atoms with van der Waals surface area (Å²) in [5.41, 5.74) is 5.95. The normalized spacial score (nSPS) is 37.4. The summed E-state index contributed by atoms with van der Waals surface area (Å²) in [6.45, 7) is 9.89. The highest BCUT2D eigenvalue weighted by Crippen LogP contribution is 2.22. The van der Waals surface area contributed by atoms with E-state index in [1.807, 2.05) is 13.8 Å². The van der Waals surface area contributed by atoms with Gasteiger partial charge in [0.1, 0.15) is 0 Å². The SMILES string of the molecule is CC.CC1COCCC1(C)N. The van der Waals surface area contributed by atoms with Gasteiger partial charge in [0.05, 0.1) is 6.61 Å². The van der Waals surface area contributed by atoms with Crippen molar-refractivity contribution >= 4 is 0 Å². The fourth-order valence-electron chi connectivity index (χ4n) is 0.989. The van der Waals surface area contributed by atoms with E-state index in [9.17, 15) is 0 Å². The van der Waals surface area contributed by atoms with Crippen molar-refractivity contribution in [2.24, 2.45) is 11.7 Å². The molecule has 2 atom stereocenters. The molecule has 0 aromatic heterocycles. The molecule has 0 aromatic carbocycles. The van der Waals surface area contributed by atoms with Crippen LogP contribution in [0.2, 0.25) is 0 Å². The Bertz CT molecular complexity index is 102. The third-order valence-corrected chi connectivity index (χ3v) is 2.28. The Morgan fingerprint density at radius 3 is 2.27 bits per heavy atom. The topological polar surface area (TPSA) is 35.2 Å². The van der Waals surface area contributed by atoms with E-state index in [1.54, 1.807) is 0 Å². The molecule has 0 spiro atoms. The Hall–Kier alpha value is -0.0800. The van der Waals surface area contributed by atoms with Crippen molar-refractivity contribution in [1.29, 1.82) is 0 Å². The Labute approximate surface area is 70.1 Å². The van der Waals surface area contributed by atoms with Crippen LogP contribution in [0.5, 0.6) is 0 Å². The molecule has 1 heterocycles. The molecular weight excluding hydrogens is 138 g/mol. The van der Waals surface area contributed by atoms with E-state index in [1.165, 1.54) is 0 Å². The van der Waals surface area contributed by atoms with Crippen molar-refractivity contribution in [1.82, 2.24) is 0 Å². The van der Waals surface area contributed by atoms with E-state index in [0.717, 1.165) is 19.6 Å². The molecule has 1 rings (SSSR count). The molecule has 1 aliphatic heterocycles. The first-order valence-corrected chi connectivity index (χ1v) is 4.49. The number of ether oxygens (including phenoxy) is 1. The molecule has 1 aliphatic rings. The average molecular weight is 159 g/mol. The van der Waals surface area contributed by atoms with Crippen LogP contribution in [-0.2, 0) is 4.74 Å². The third-order valence-electron chi connectivity index (χ3n) is 2.28. The van der Waals surface area contributed by atoms with Crippen LogP contribution in [0.25, 0.3) is 0 Å². The summed E-state index contributed by atoms with van der Waals surface area (Å²) in [4.78, 5) is 0. The van der Waals surface area contributed by atoms with Gasteiger partial charge < -0.3 is 10.5 Å². The van der Waals surface area contributed by atoms with E-state index < -0.39 is 0 Å². The van der Waals surface area contributed by atoms with Crippen molar-refractivity contribution in [3.63, 3.8) is 0 Å². The minimum Gasteiger partial charge on any atom is -0.381 e. The molecule has 2 N–H and O–H groups in total. The van der Waals surface area contributed by atoms with Crippen LogP contribution in [0.4, 0.5) is 0 Å². The lowest BCUT2D eigenvalue weighted by Gasteiger charge is -2.35. The zero-order valence-electron chi connectivity index (χ0n) is 8.18. The van der Waals surface area contributed by atoms with Crippen molar-refractivity contribution < 1.29 is 4.74 Å². The highest BCUT2D eigenvalue weighted by molar-refractivity contribution is 4.86. The predicted molar refractivity (Wildman–Crippen MR) is 48.5 cm³/mol. The summed E-state index contributed by atoms with van der Waals surface area (Å²) in [5, 5.41) is 0. The first-order chi connectivity index (χ1) is 5.13. The van der Waals surface area contributed by atoms with Gasteiger partial charge in [-0.2, -0.15) is 0 Å². The zero-order chi connectivity index (χ0) is 8.91. The van der Waals surface area contributed by atoms with E-state index in [4.69, 9.17) is 10.5 Å². The molecule has 1 saturated heterocycles. The van der Waals surface area contributed by atoms with E-state index >= 15 is 0 Å². The summed E-state index contributed by atoms with van der Waals surface area (Å²) in [7, 11) is 0. The standard InChI is InChI=1S/C7H15NO.C2H6/c1-6-5-9-4-3-7(6,2)8;1-2/h6H,3-5,8H2,1-2H3;1-2H3. The number of nitrogens with two attached hydrogens (primary N) is 1. The van der Waals surface area contributed by atoms with Gasteiger partial charge in [-0.25, -0.2) is 0 Å². The molecule has 2 heteroatoms. The van der Waals surface area contributed by atoms with Crippen molar-refractivity contribution in [3.05, 3.63) is 0 Å². The fourth-order valence-corrected chi connectivity index (χ4v) is 0.989. The lowest BCUT2D eigenvalue weighted by molar-refractivity contribution is 0.0164. The second-order valence-electron chi connectivity index (χ2n) is 3.23. The quantitative estimate of drug-likeness (QED) is 0.585. The molecule has 2 nitrogen and oxygen atoms in total. The molecular formula is C9H21NO. The highest BCUT2D eigenvalue weighted by Gasteiger charge is 2.29. The van der Waals surface area contributed by atoms with Crippen LogP contribution in [0.3, 0.4) is 0 Å². The number of hydrogen-bond acceptors (Lipinski definition) is 2. The molecule has 0 amide bonds. The molecule has 68 valence electrons. The van der Waals surface area contributed by atoms with Gasteiger partial charge in [-0.05, 0) is 19.3 Å². The van der Waals surface area contributed by atoms with Gasteiger partial charge in [-0.15, -0.1) is 0 Å². The van der Waals surface area contributed by atoms with Crippen LogP contribution in [-0.4, -0.2) is 18.8 Å². The lowest BCUT2D eigenvalue weighted by atomic mass is 9.84. The Morgan fingerprint density at radius 1 is 1.45 bits per heavy atom. The van der Waals surface area contributed by atoms with E-state index in [2.05, 4.69) is 13.8 Å². The monoisotopic (exact) mass is 159 g/mol. The second-order valence-corrected chi connectivity index (χ2v) is 3.23. The van der Waals surface area contributed by atoms with Crippen LogP contribution in [0.15, 0.2) is 0 Å². The minimum absolute atomic E-state index is 0.0122. The molecule has 0 saturated carbocycles. The fraction of sp³-hybridized carbons (Fsp3) is 1.00. The Morgan fingerprint density at radius 2 is 2.00 bits per heavy atom. The minimum atomic E-state index is 0.0122. The molecule has 2 unspecified atom stereocenters. The largest absolute Gasteiger partial charge is 0.381 e. The van der Waals surface area contributed by atoms with Crippen molar-refractivity contribution in [2.75, 3.05) is 13.2 Å². The third kappa shape index (κ3) is 3.21. The Kier molecular flexibility index (Phi) is 4.69. The summed E-state index contributed by atoms with van der Waals surface area (Å²) in [6.07, 6.45) is 0.994. The van der Waals surface area contributed by atoms with E-state index in [-0.39, 0.29) is 5.54 Å². The predicted octanol–water partition coefficient (Wildman–Crippen LogP) is 1.79. The first kappa shape index (κ1) is 10.9. The van der Waals surface area contributed by atoms with Crippen molar-refractivity contribution in [3.8, 4) is 0 Å².